The third-order valence-electron chi connectivity index (χ3n) is 3.32. The van der Waals surface area contributed by atoms with Gasteiger partial charge in [0, 0.05) is 29.7 Å². The van der Waals surface area contributed by atoms with E-state index in [1.165, 1.54) is 10.4 Å². The van der Waals surface area contributed by atoms with E-state index in [0.717, 1.165) is 20.4 Å². The van der Waals surface area contributed by atoms with Gasteiger partial charge < -0.3 is 4.57 Å². The molecule has 0 N–H and O–H groups in total. The Morgan fingerprint density at radius 3 is 2.73 bits per heavy atom. The monoisotopic (exact) mass is 324 g/mol. The Morgan fingerprint density at radius 2 is 1.95 bits per heavy atom. The highest BCUT2D eigenvalue weighted by Crippen LogP contribution is 2.37. The van der Waals surface area contributed by atoms with Gasteiger partial charge >= 0.3 is 0 Å². The number of hydrogen-bond donors (Lipinski definition) is 0. The molecule has 4 rings (SSSR count). The quantitative estimate of drug-likeness (QED) is 0.529. The fraction of sp³-hybridized carbons (Fsp3) is 0.0625. The maximum absolute atomic E-state index is 4.44. The summed E-state index contributed by atoms with van der Waals surface area (Å²) in [4.78, 5) is 15.4. The standard InChI is InChI=1S/C16H12N4S2/c1-20-8-7-17-16(20)22-15-12-9-13(11-5-3-2-4-6-11)21-14(12)18-10-19-15/h2-10H,1H3. The Hall–Kier alpha value is -2.18. The van der Waals surface area contributed by atoms with Crippen LogP contribution < -0.4 is 0 Å². The van der Waals surface area contributed by atoms with Crippen LogP contribution >= 0.6 is 23.1 Å². The van der Waals surface area contributed by atoms with Gasteiger partial charge in [0.15, 0.2) is 5.16 Å². The first kappa shape index (κ1) is 13.5. The molecule has 108 valence electrons. The summed E-state index contributed by atoms with van der Waals surface area (Å²) in [5.74, 6) is 0. The van der Waals surface area contributed by atoms with Crippen molar-refractivity contribution in [1.29, 1.82) is 0 Å². The lowest BCUT2D eigenvalue weighted by atomic mass is 10.2. The van der Waals surface area contributed by atoms with Crippen LogP contribution in [0.1, 0.15) is 0 Å². The smallest absolute Gasteiger partial charge is 0.174 e. The number of nitrogens with zero attached hydrogens (tertiary/aromatic N) is 4. The summed E-state index contributed by atoms with van der Waals surface area (Å²) >= 11 is 3.26. The first-order valence-electron chi connectivity index (χ1n) is 6.76. The molecule has 0 bridgehead atoms. The second-order valence-electron chi connectivity index (χ2n) is 4.80. The second-order valence-corrected chi connectivity index (χ2v) is 6.78. The highest BCUT2D eigenvalue weighted by molar-refractivity contribution is 7.99. The molecule has 3 aromatic heterocycles. The van der Waals surface area contributed by atoms with Crippen molar-refractivity contribution in [3.05, 3.63) is 55.1 Å². The minimum absolute atomic E-state index is 0.924. The Balaban J connectivity index is 1.80. The number of thiophene rings is 1. The molecule has 1 aromatic carbocycles. The molecule has 0 saturated carbocycles. The minimum Gasteiger partial charge on any atom is -0.329 e. The van der Waals surface area contributed by atoms with Crippen molar-refractivity contribution < 1.29 is 0 Å². The molecule has 4 nitrogen and oxygen atoms in total. The lowest BCUT2D eigenvalue weighted by Crippen LogP contribution is -1.90. The average molecular weight is 324 g/mol. The van der Waals surface area contributed by atoms with Gasteiger partial charge in [0.05, 0.1) is 0 Å². The molecule has 4 aromatic rings. The molecule has 0 amide bonds. The van der Waals surface area contributed by atoms with E-state index >= 15 is 0 Å². The van der Waals surface area contributed by atoms with Gasteiger partial charge in [-0.1, -0.05) is 30.3 Å². The van der Waals surface area contributed by atoms with Crippen LogP contribution in [0.25, 0.3) is 20.7 Å². The summed E-state index contributed by atoms with van der Waals surface area (Å²) < 4.78 is 1.99. The molecule has 0 radical (unpaired) electrons. The molecular weight excluding hydrogens is 312 g/mol. The molecule has 3 heterocycles. The van der Waals surface area contributed by atoms with Crippen LogP contribution in [0.2, 0.25) is 0 Å². The number of aromatic nitrogens is 4. The number of fused-ring (bicyclic) bond motifs is 1. The van der Waals surface area contributed by atoms with Crippen molar-refractivity contribution in [2.75, 3.05) is 0 Å². The van der Waals surface area contributed by atoms with Crippen molar-refractivity contribution in [2.24, 2.45) is 7.05 Å². The third kappa shape index (κ3) is 2.40. The molecule has 0 fully saturated rings. The molecule has 0 atom stereocenters. The van der Waals surface area contributed by atoms with Crippen LogP contribution in [-0.2, 0) is 7.05 Å². The van der Waals surface area contributed by atoms with Crippen molar-refractivity contribution >= 4 is 33.3 Å². The van der Waals surface area contributed by atoms with Crippen molar-refractivity contribution in [3.63, 3.8) is 0 Å². The fourth-order valence-corrected chi connectivity index (χ4v) is 4.12. The van der Waals surface area contributed by atoms with E-state index in [1.54, 1.807) is 35.6 Å². The summed E-state index contributed by atoms with van der Waals surface area (Å²) in [5.41, 5.74) is 1.21. The van der Waals surface area contributed by atoms with Gasteiger partial charge in [-0.15, -0.1) is 11.3 Å². The topological polar surface area (TPSA) is 43.6 Å². The van der Waals surface area contributed by atoms with E-state index in [4.69, 9.17) is 0 Å². The van der Waals surface area contributed by atoms with Crippen molar-refractivity contribution in [2.45, 2.75) is 10.2 Å². The lowest BCUT2D eigenvalue weighted by Gasteiger charge is -2.01. The van der Waals surface area contributed by atoms with Crippen LogP contribution in [0.5, 0.6) is 0 Å². The molecule has 0 aliphatic carbocycles. The first-order valence-corrected chi connectivity index (χ1v) is 8.40. The number of aryl methyl sites for hydroxylation is 1. The Bertz CT molecular complexity index is 928. The van der Waals surface area contributed by atoms with E-state index < -0.39 is 0 Å². The van der Waals surface area contributed by atoms with Gasteiger partial charge in [0.2, 0.25) is 0 Å². The van der Waals surface area contributed by atoms with E-state index in [0.29, 0.717) is 0 Å². The average Bonchev–Trinajstić information content (AvgIpc) is 3.16. The van der Waals surface area contributed by atoms with E-state index in [-0.39, 0.29) is 0 Å². The zero-order chi connectivity index (χ0) is 14.9. The van der Waals surface area contributed by atoms with Gasteiger partial charge in [0.1, 0.15) is 16.2 Å². The van der Waals surface area contributed by atoms with E-state index in [1.807, 2.05) is 23.9 Å². The van der Waals surface area contributed by atoms with Crippen molar-refractivity contribution in [1.82, 2.24) is 19.5 Å². The van der Waals surface area contributed by atoms with E-state index in [9.17, 15) is 0 Å². The van der Waals surface area contributed by atoms with Crippen LogP contribution in [-0.4, -0.2) is 19.5 Å². The number of benzene rings is 1. The molecule has 6 heteroatoms. The third-order valence-corrected chi connectivity index (χ3v) is 5.50. The predicted octanol–water partition coefficient (Wildman–Crippen LogP) is 4.24. The molecule has 0 unspecified atom stereocenters. The molecule has 22 heavy (non-hydrogen) atoms. The first-order chi connectivity index (χ1) is 10.8. The van der Waals surface area contributed by atoms with Crippen molar-refractivity contribution in [3.8, 4) is 10.4 Å². The largest absolute Gasteiger partial charge is 0.329 e. The Labute approximate surface area is 135 Å². The summed E-state index contributed by atoms with van der Waals surface area (Å²) in [6.07, 6.45) is 5.35. The van der Waals surface area contributed by atoms with Gasteiger partial charge in [-0.3, -0.25) is 0 Å². The Morgan fingerprint density at radius 1 is 1.09 bits per heavy atom. The molecule has 0 aliphatic heterocycles. The number of hydrogen-bond acceptors (Lipinski definition) is 5. The van der Waals surface area contributed by atoms with Gasteiger partial charge in [-0.2, -0.15) is 0 Å². The molecule has 0 saturated heterocycles. The predicted molar refractivity (Wildman–Crippen MR) is 90.2 cm³/mol. The molecule has 0 aliphatic rings. The minimum atomic E-state index is 0.924. The maximum atomic E-state index is 4.44. The van der Waals surface area contributed by atoms with Crippen LogP contribution in [0.15, 0.2) is 65.3 Å². The van der Waals surface area contributed by atoms with Crippen LogP contribution in [0, 0.1) is 0 Å². The highest BCUT2D eigenvalue weighted by atomic mass is 32.2. The molecular formula is C16H12N4S2. The zero-order valence-corrected chi connectivity index (χ0v) is 13.4. The van der Waals surface area contributed by atoms with Gasteiger partial charge in [-0.25, -0.2) is 15.0 Å². The highest BCUT2D eigenvalue weighted by Gasteiger charge is 2.12. The summed E-state index contributed by atoms with van der Waals surface area (Å²) in [6, 6.07) is 12.5. The number of imidazole rings is 1. The summed E-state index contributed by atoms with van der Waals surface area (Å²) in [5, 5.41) is 2.95. The summed E-state index contributed by atoms with van der Waals surface area (Å²) in [7, 11) is 1.98. The van der Waals surface area contributed by atoms with Gasteiger partial charge in [0.25, 0.3) is 0 Å². The fourth-order valence-electron chi connectivity index (χ4n) is 2.20. The normalized spacial score (nSPS) is 11.1. The number of rotatable bonds is 3. The Kier molecular flexibility index (Phi) is 3.40. The van der Waals surface area contributed by atoms with E-state index in [2.05, 4.69) is 45.3 Å². The SMILES string of the molecule is Cn1ccnc1Sc1ncnc2sc(-c3ccccc3)cc12. The van der Waals surface area contributed by atoms with Gasteiger partial charge in [-0.05, 0) is 23.4 Å². The van der Waals surface area contributed by atoms with Crippen LogP contribution in [0.4, 0.5) is 0 Å². The summed E-state index contributed by atoms with van der Waals surface area (Å²) in [6.45, 7) is 0. The lowest BCUT2D eigenvalue weighted by molar-refractivity contribution is 0.789. The maximum Gasteiger partial charge on any atom is 0.174 e. The van der Waals surface area contributed by atoms with Crippen LogP contribution in [0.3, 0.4) is 0 Å². The second kappa shape index (κ2) is 5.55. The molecule has 0 spiro atoms. The zero-order valence-electron chi connectivity index (χ0n) is 11.8.